The van der Waals surface area contributed by atoms with Gasteiger partial charge in [0.25, 0.3) is 0 Å². The summed E-state index contributed by atoms with van der Waals surface area (Å²) in [6.07, 6.45) is 2.09. The van der Waals surface area contributed by atoms with Gasteiger partial charge in [0.2, 0.25) is 0 Å². The van der Waals surface area contributed by atoms with Gasteiger partial charge in [0, 0.05) is 7.11 Å². The number of methoxy groups -OCH3 is 1. The van der Waals surface area contributed by atoms with Crippen molar-refractivity contribution in [2.75, 3.05) is 13.9 Å². The molecule has 0 fully saturated rings. The molecule has 0 spiro atoms. The Morgan fingerprint density at radius 1 is 1.10 bits per heavy atom. The van der Waals surface area contributed by atoms with E-state index in [9.17, 15) is 0 Å². The highest BCUT2D eigenvalue weighted by atomic mass is 127. The van der Waals surface area contributed by atoms with Gasteiger partial charge in [-0.3, -0.25) is 0 Å². The van der Waals surface area contributed by atoms with Gasteiger partial charge in [0.15, 0.2) is 6.79 Å². The van der Waals surface area contributed by atoms with Crippen LogP contribution in [0.25, 0.3) is 17.2 Å². The van der Waals surface area contributed by atoms with E-state index in [0.29, 0.717) is 0 Å². The molecule has 0 aliphatic rings. The van der Waals surface area contributed by atoms with E-state index in [1.54, 1.807) is 7.11 Å². The van der Waals surface area contributed by atoms with Crippen LogP contribution in [-0.4, -0.2) is 13.9 Å². The number of hydrogen-bond donors (Lipinski definition) is 0. The average molecular weight is 380 g/mol. The van der Waals surface area contributed by atoms with Crippen molar-refractivity contribution in [3.63, 3.8) is 0 Å². The van der Waals surface area contributed by atoms with E-state index >= 15 is 0 Å². The third-order valence-corrected chi connectivity index (χ3v) is 3.33. The first-order valence-corrected chi connectivity index (χ1v) is 7.58. The fourth-order valence-corrected chi connectivity index (χ4v) is 2.34. The van der Waals surface area contributed by atoms with Crippen LogP contribution in [0, 0.1) is 6.92 Å². The van der Waals surface area contributed by atoms with Crippen LogP contribution in [0.5, 0.6) is 5.75 Å². The molecule has 0 bridgehead atoms. The van der Waals surface area contributed by atoms with Crippen LogP contribution in [-0.2, 0) is 4.74 Å². The monoisotopic (exact) mass is 380 g/mol. The Balaban J connectivity index is 2.43. The molecular weight excluding hydrogens is 363 g/mol. The first-order valence-electron chi connectivity index (χ1n) is 6.34. The first-order chi connectivity index (χ1) is 9.74. The highest BCUT2D eigenvalue weighted by molar-refractivity contribution is 14.1. The molecule has 104 valence electrons. The molecule has 0 saturated carbocycles. The fraction of sp³-hybridized carbons (Fsp3) is 0.176. The SMILES string of the molecule is COCOc1ccc(/C=C/I)c(-c2ccc(C)cc2)c1. The van der Waals surface area contributed by atoms with Crippen LogP contribution in [0.15, 0.2) is 46.5 Å². The van der Waals surface area contributed by atoms with Gasteiger partial charge in [-0.15, -0.1) is 0 Å². The minimum Gasteiger partial charge on any atom is -0.468 e. The van der Waals surface area contributed by atoms with Crippen molar-refractivity contribution in [2.45, 2.75) is 6.92 Å². The molecular formula is C17H17IO2. The predicted octanol–water partition coefficient (Wildman–Crippen LogP) is 5.05. The molecule has 0 unspecified atom stereocenters. The minimum absolute atomic E-state index is 0.259. The second-order valence-corrected chi connectivity index (χ2v) is 5.18. The Hall–Kier alpha value is -1.33. The molecule has 0 aliphatic carbocycles. The predicted molar refractivity (Wildman–Crippen MR) is 92.2 cm³/mol. The van der Waals surface area contributed by atoms with E-state index in [1.807, 2.05) is 10.1 Å². The quantitative estimate of drug-likeness (QED) is 0.534. The zero-order chi connectivity index (χ0) is 14.4. The highest BCUT2D eigenvalue weighted by Crippen LogP contribution is 2.29. The fourth-order valence-electron chi connectivity index (χ4n) is 1.95. The summed E-state index contributed by atoms with van der Waals surface area (Å²) in [4.78, 5) is 0. The summed E-state index contributed by atoms with van der Waals surface area (Å²) in [6, 6.07) is 14.6. The maximum atomic E-state index is 5.53. The van der Waals surface area contributed by atoms with E-state index < -0.39 is 0 Å². The lowest BCUT2D eigenvalue weighted by Gasteiger charge is -2.11. The summed E-state index contributed by atoms with van der Waals surface area (Å²) in [6.45, 7) is 2.35. The summed E-state index contributed by atoms with van der Waals surface area (Å²) in [7, 11) is 1.62. The zero-order valence-corrected chi connectivity index (χ0v) is 13.8. The lowest BCUT2D eigenvalue weighted by molar-refractivity contribution is 0.0511. The molecule has 0 radical (unpaired) electrons. The standard InChI is InChI=1S/C17H17IO2/c1-13-3-5-14(6-4-13)17-11-16(20-12-19-2)8-7-15(17)9-10-18/h3-11H,12H2,1-2H3/b10-9+. The van der Waals surface area contributed by atoms with Crippen molar-refractivity contribution in [1.29, 1.82) is 0 Å². The molecule has 0 N–H and O–H groups in total. The van der Waals surface area contributed by atoms with Gasteiger partial charge in [-0.2, -0.15) is 0 Å². The van der Waals surface area contributed by atoms with Crippen molar-refractivity contribution in [2.24, 2.45) is 0 Å². The number of hydrogen-bond acceptors (Lipinski definition) is 2. The second kappa shape index (κ2) is 7.45. The number of benzene rings is 2. The molecule has 2 aromatic carbocycles. The van der Waals surface area contributed by atoms with Gasteiger partial charge in [-0.25, -0.2) is 0 Å². The Labute approximate surface area is 133 Å². The molecule has 0 saturated heterocycles. The normalized spacial score (nSPS) is 10.9. The van der Waals surface area contributed by atoms with Crippen molar-refractivity contribution in [3.05, 3.63) is 57.7 Å². The molecule has 0 aliphatic heterocycles. The molecule has 0 amide bonds. The van der Waals surface area contributed by atoms with Gasteiger partial charge >= 0.3 is 0 Å². The molecule has 2 rings (SSSR count). The Morgan fingerprint density at radius 2 is 1.85 bits per heavy atom. The Kier molecular flexibility index (Phi) is 5.61. The highest BCUT2D eigenvalue weighted by Gasteiger charge is 2.05. The Morgan fingerprint density at radius 3 is 2.50 bits per heavy atom. The topological polar surface area (TPSA) is 18.5 Å². The minimum atomic E-state index is 0.259. The molecule has 0 atom stereocenters. The van der Waals surface area contributed by atoms with Crippen LogP contribution in [0.2, 0.25) is 0 Å². The second-order valence-electron chi connectivity index (χ2n) is 4.46. The van der Waals surface area contributed by atoms with Gasteiger partial charge in [0.1, 0.15) is 5.75 Å². The van der Waals surface area contributed by atoms with E-state index in [1.165, 1.54) is 16.7 Å². The maximum Gasteiger partial charge on any atom is 0.188 e. The van der Waals surface area contributed by atoms with Crippen molar-refractivity contribution >= 4 is 28.7 Å². The summed E-state index contributed by atoms with van der Waals surface area (Å²) >= 11 is 2.23. The van der Waals surface area contributed by atoms with Gasteiger partial charge < -0.3 is 9.47 Å². The number of ether oxygens (including phenoxy) is 2. The van der Waals surface area contributed by atoms with Crippen LogP contribution in [0.3, 0.4) is 0 Å². The van der Waals surface area contributed by atoms with E-state index in [0.717, 1.165) is 11.3 Å². The summed E-state index contributed by atoms with van der Waals surface area (Å²) in [5, 5.41) is 0. The van der Waals surface area contributed by atoms with Crippen LogP contribution < -0.4 is 4.74 Å². The van der Waals surface area contributed by atoms with Gasteiger partial charge in [-0.1, -0.05) is 58.5 Å². The summed E-state index contributed by atoms with van der Waals surface area (Å²) in [5.41, 5.74) is 4.77. The maximum absolute atomic E-state index is 5.53. The van der Waals surface area contributed by atoms with Gasteiger partial charge in [0.05, 0.1) is 0 Å². The number of halogens is 1. The zero-order valence-electron chi connectivity index (χ0n) is 11.6. The van der Waals surface area contributed by atoms with E-state index in [2.05, 4.69) is 72.0 Å². The largest absolute Gasteiger partial charge is 0.468 e. The number of rotatable bonds is 5. The molecule has 0 aromatic heterocycles. The lowest BCUT2D eigenvalue weighted by atomic mass is 9.98. The summed E-state index contributed by atoms with van der Waals surface area (Å²) in [5.74, 6) is 0.813. The smallest absolute Gasteiger partial charge is 0.188 e. The summed E-state index contributed by atoms with van der Waals surface area (Å²) < 4.78 is 12.5. The molecule has 3 heteroatoms. The molecule has 20 heavy (non-hydrogen) atoms. The average Bonchev–Trinajstić information content (AvgIpc) is 2.47. The first kappa shape index (κ1) is 15.1. The van der Waals surface area contributed by atoms with Crippen molar-refractivity contribution in [1.82, 2.24) is 0 Å². The third-order valence-electron chi connectivity index (χ3n) is 2.97. The van der Waals surface area contributed by atoms with E-state index in [4.69, 9.17) is 9.47 Å². The van der Waals surface area contributed by atoms with Crippen LogP contribution in [0.4, 0.5) is 0 Å². The molecule has 0 heterocycles. The molecule has 2 aromatic rings. The van der Waals surface area contributed by atoms with E-state index in [-0.39, 0.29) is 6.79 Å². The Bertz CT molecular complexity index is 588. The van der Waals surface area contributed by atoms with Crippen molar-refractivity contribution in [3.8, 4) is 16.9 Å². The molecule has 2 nitrogen and oxygen atoms in total. The lowest BCUT2D eigenvalue weighted by Crippen LogP contribution is -1.99. The van der Waals surface area contributed by atoms with Crippen LogP contribution >= 0.6 is 22.6 Å². The van der Waals surface area contributed by atoms with Crippen LogP contribution in [0.1, 0.15) is 11.1 Å². The third kappa shape index (κ3) is 3.84. The van der Waals surface area contributed by atoms with Crippen molar-refractivity contribution < 1.29 is 9.47 Å². The number of aryl methyl sites for hydroxylation is 1. The van der Waals surface area contributed by atoms with Gasteiger partial charge in [-0.05, 0) is 45.9 Å².